The van der Waals surface area contributed by atoms with E-state index in [9.17, 15) is 9.90 Å². The molecule has 1 saturated heterocycles. The molecule has 0 saturated carbocycles. The van der Waals surface area contributed by atoms with Gasteiger partial charge in [0.1, 0.15) is 0 Å². The first-order valence-electron chi connectivity index (χ1n) is 7.68. The molecule has 2 aromatic rings. The van der Waals surface area contributed by atoms with Gasteiger partial charge in [-0.3, -0.25) is 14.7 Å². The fraction of sp³-hybridized carbons (Fsp3) is 0.438. The predicted octanol–water partition coefficient (Wildman–Crippen LogP) is 0.0378. The lowest BCUT2D eigenvalue weighted by Gasteiger charge is -2.17. The number of hydrogen-bond acceptors (Lipinski definition) is 5. The number of nitrogens with zero attached hydrogens (tertiary/aromatic N) is 4. The summed E-state index contributed by atoms with van der Waals surface area (Å²) in [4.78, 5) is 22.9. The van der Waals surface area contributed by atoms with Crippen LogP contribution in [0, 0.1) is 5.92 Å². The van der Waals surface area contributed by atoms with Gasteiger partial charge in [-0.25, -0.2) is 4.98 Å². The first-order valence-corrected chi connectivity index (χ1v) is 7.68. The Kier molecular flexibility index (Phi) is 4.68. The molecule has 7 nitrogen and oxygen atoms in total. The van der Waals surface area contributed by atoms with Gasteiger partial charge < -0.3 is 15.0 Å². The molecule has 2 atom stereocenters. The van der Waals surface area contributed by atoms with Gasteiger partial charge in [0.2, 0.25) is 0 Å². The Morgan fingerprint density at radius 3 is 2.87 bits per heavy atom. The van der Waals surface area contributed by atoms with Crippen molar-refractivity contribution < 1.29 is 9.90 Å². The molecule has 1 amide bonds. The third-order valence-electron chi connectivity index (χ3n) is 4.20. The molecule has 3 rings (SSSR count). The maximum Gasteiger partial charge on any atom is 0.287 e. The number of likely N-dealkylation sites (tertiary alicyclic amines) is 1. The van der Waals surface area contributed by atoms with Crippen LogP contribution >= 0.6 is 0 Å². The van der Waals surface area contributed by atoms with E-state index in [0.29, 0.717) is 18.9 Å². The quantitative estimate of drug-likeness (QED) is 0.814. The zero-order valence-corrected chi connectivity index (χ0v) is 13.1. The molecule has 1 fully saturated rings. The van der Waals surface area contributed by atoms with Crippen molar-refractivity contribution in [2.75, 3.05) is 19.7 Å². The first-order chi connectivity index (χ1) is 11.2. The third kappa shape index (κ3) is 3.57. The van der Waals surface area contributed by atoms with E-state index in [0.717, 1.165) is 12.2 Å². The Labute approximate surface area is 135 Å². The summed E-state index contributed by atoms with van der Waals surface area (Å²) in [6.07, 6.45) is 5.11. The molecule has 0 bridgehead atoms. The number of rotatable bonds is 5. The lowest BCUT2D eigenvalue weighted by atomic mass is 10.1. The smallest absolute Gasteiger partial charge is 0.287 e. The molecule has 2 aromatic heterocycles. The highest BCUT2D eigenvalue weighted by Crippen LogP contribution is 2.19. The SMILES string of the molecule is Cn1ccnc1C(=O)N[C@@H]1CN(Cc2ccccn2)C[C@H]1CO. The van der Waals surface area contributed by atoms with Gasteiger partial charge in [0.25, 0.3) is 5.91 Å². The fourth-order valence-electron chi connectivity index (χ4n) is 2.98. The Bertz CT molecular complexity index is 658. The Balaban J connectivity index is 1.63. The lowest BCUT2D eigenvalue weighted by molar-refractivity contribution is 0.0907. The van der Waals surface area contributed by atoms with Gasteiger partial charge in [-0.1, -0.05) is 6.07 Å². The van der Waals surface area contributed by atoms with Crippen LogP contribution in [-0.2, 0) is 13.6 Å². The van der Waals surface area contributed by atoms with E-state index in [1.807, 2.05) is 18.2 Å². The van der Waals surface area contributed by atoms with Gasteiger partial charge in [0.15, 0.2) is 5.82 Å². The number of carbonyl (C=O) groups excluding carboxylic acids is 1. The minimum absolute atomic E-state index is 0.0166. The summed E-state index contributed by atoms with van der Waals surface area (Å²) in [6.45, 7) is 2.19. The maximum absolute atomic E-state index is 12.3. The van der Waals surface area contributed by atoms with Gasteiger partial charge in [0.05, 0.1) is 5.69 Å². The average Bonchev–Trinajstić information content (AvgIpc) is 3.14. The number of imidazole rings is 1. The number of hydrogen-bond donors (Lipinski definition) is 2. The number of aliphatic hydroxyl groups excluding tert-OH is 1. The summed E-state index contributed by atoms with van der Waals surface area (Å²) in [5, 5.41) is 12.6. The van der Waals surface area contributed by atoms with Crippen LogP contribution in [0.1, 0.15) is 16.3 Å². The summed E-state index contributed by atoms with van der Waals surface area (Å²) in [7, 11) is 1.79. The van der Waals surface area contributed by atoms with Crippen molar-refractivity contribution in [1.29, 1.82) is 0 Å². The highest BCUT2D eigenvalue weighted by Gasteiger charge is 2.34. The second-order valence-electron chi connectivity index (χ2n) is 5.90. The van der Waals surface area contributed by atoms with Gasteiger partial charge in [0, 0.05) is 63.8 Å². The zero-order valence-electron chi connectivity index (χ0n) is 13.1. The summed E-state index contributed by atoms with van der Waals surface area (Å²) in [6, 6.07) is 5.74. The molecule has 1 aliphatic rings. The molecule has 0 radical (unpaired) electrons. The largest absolute Gasteiger partial charge is 0.396 e. The van der Waals surface area contributed by atoms with Crippen molar-refractivity contribution in [3.8, 4) is 0 Å². The van der Waals surface area contributed by atoms with E-state index in [1.165, 1.54) is 0 Å². The Morgan fingerprint density at radius 1 is 1.35 bits per heavy atom. The lowest BCUT2D eigenvalue weighted by Crippen LogP contribution is -2.42. The predicted molar refractivity (Wildman–Crippen MR) is 84.6 cm³/mol. The van der Waals surface area contributed by atoms with Crippen molar-refractivity contribution in [3.05, 3.63) is 48.3 Å². The van der Waals surface area contributed by atoms with Crippen molar-refractivity contribution in [3.63, 3.8) is 0 Å². The van der Waals surface area contributed by atoms with Crippen LogP contribution in [0.2, 0.25) is 0 Å². The van der Waals surface area contributed by atoms with Crippen LogP contribution in [0.4, 0.5) is 0 Å². The number of amides is 1. The number of aromatic nitrogens is 3. The number of aliphatic hydroxyl groups is 1. The van der Waals surface area contributed by atoms with Gasteiger partial charge in [-0.2, -0.15) is 0 Å². The van der Waals surface area contributed by atoms with Gasteiger partial charge in [-0.15, -0.1) is 0 Å². The number of nitrogens with one attached hydrogen (secondary N) is 1. The van der Waals surface area contributed by atoms with E-state index in [4.69, 9.17) is 0 Å². The highest BCUT2D eigenvalue weighted by atomic mass is 16.3. The zero-order chi connectivity index (χ0) is 16.2. The number of pyridine rings is 1. The summed E-state index contributed by atoms with van der Waals surface area (Å²) < 4.78 is 1.68. The molecule has 0 unspecified atom stereocenters. The maximum atomic E-state index is 12.3. The number of aryl methyl sites for hydroxylation is 1. The van der Waals surface area contributed by atoms with Crippen molar-refractivity contribution in [2.24, 2.45) is 13.0 Å². The van der Waals surface area contributed by atoms with Gasteiger partial charge in [-0.05, 0) is 12.1 Å². The number of carbonyl (C=O) groups is 1. The fourth-order valence-corrected chi connectivity index (χ4v) is 2.98. The molecule has 0 spiro atoms. The molecular weight excluding hydrogens is 294 g/mol. The first kappa shape index (κ1) is 15.6. The molecular formula is C16H21N5O2. The summed E-state index contributed by atoms with van der Waals surface area (Å²) in [5.74, 6) is 0.188. The normalized spacial score (nSPS) is 21.5. The van der Waals surface area contributed by atoms with E-state index in [2.05, 4.69) is 20.2 Å². The Morgan fingerprint density at radius 2 is 2.22 bits per heavy atom. The minimum atomic E-state index is -0.208. The summed E-state index contributed by atoms with van der Waals surface area (Å²) >= 11 is 0. The minimum Gasteiger partial charge on any atom is -0.396 e. The van der Waals surface area contributed by atoms with Crippen molar-refractivity contribution >= 4 is 5.91 Å². The van der Waals surface area contributed by atoms with Gasteiger partial charge >= 0.3 is 0 Å². The second kappa shape index (κ2) is 6.89. The summed E-state index contributed by atoms with van der Waals surface area (Å²) in [5.41, 5.74) is 0.986. The van der Waals surface area contributed by atoms with Crippen molar-refractivity contribution in [1.82, 2.24) is 24.8 Å². The van der Waals surface area contributed by atoms with E-state index < -0.39 is 0 Å². The molecule has 0 aliphatic carbocycles. The van der Waals surface area contributed by atoms with Crippen LogP contribution in [0.5, 0.6) is 0 Å². The average molecular weight is 315 g/mol. The molecule has 122 valence electrons. The third-order valence-corrected chi connectivity index (χ3v) is 4.20. The molecule has 23 heavy (non-hydrogen) atoms. The molecule has 3 heterocycles. The molecule has 0 aromatic carbocycles. The topological polar surface area (TPSA) is 83.3 Å². The van der Waals surface area contributed by atoms with E-state index >= 15 is 0 Å². The Hall–Kier alpha value is -2.25. The monoisotopic (exact) mass is 315 g/mol. The van der Waals surface area contributed by atoms with Crippen LogP contribution in [0.25, 0.3) is 0 Å². The van der Waals surface area contributed by atoms with E-state index in [-0.39, 0.29) is 24.5 Å². The van der Waals surface area contributed by atoms with Crippen molar-refractivity contribution in [2.45, 2.75) is 12.6 Å². The van der Waals surface area contributed by atoms with E-state index in [1.54, 1.807) is 30.2 Å². The molecule has 1 aliphatic heterocycles. The van der Waals surface area contributed by atoms with Crippen LogP contribution in [0.15, 0.2) is 36.8 Å². The highest BCUT2D eigenvalue weighted by molar-refractivity contribution is 5.91. The van der Waals surface area contributed by atoms with Crippen LogP contribution < -0.4 is 5.32 Å². The van der Waals surface area contributed by atoms with Crippen LogP contribution in [0.3, 0.4) is 0 Å². The molecule has 2 N–H and O–H groups in total. The standard InChI is InChI=1S/C16H21N5O2/c1-20-7-6-18-15(20)16(23)19-14-10-21(8-12(14)11-22)9-13-4-2-3-5-17-13/h2-7,12,14,22H,8-11H2,1H3,(H,19,23)/t12-,14+/m0/s1. The van der Waals surface area contributed by atoms with Crippen LogP contribution in [-0.4, -0.2) is 56.2 Å². The second-order valence-corrected chi connectivity index (χ2v) is 5.90. The molecule has 7 heteroatoms.